The van der Waals surface area contributed by atoms with Crippen molar-refractivity contribution in [3.63, 3.8) is 0 Å². The highest BCUT2D eigenvalue weighted by atomic mass is 32.1. The van der Waals surface area contributed by atoms with Crippen LogP contribution in [0.3, 0.4) is 0 Å². The smallest absolute Gasteiger partial charge is 0.185 e. The van der Waals surface area contributed by atoms with Crippen molar-refractivity contribution in [1.82, 2.24) is 9.97 Å². The minimum absolute atomic E-state index is 0.854. The van der Waals surface area contributed by atoms with Gasteiger partial charge in [-0.05, 0) is 25.7 Å². The van der Waals surface area contributed by atoms with Crippen molar-refractivity contribution in [3.05, 3.63) is 11.6 Å². The van der Waals surface area contributed by atoms with Gasteiger partial charge in [-0.2, -0.15) is 0 Å². The average molecular weight is 308 g/mol. The summed E-state index contributed by atoms with van der Waals surface area (Å²) in [4.78, 5) is 12.8. The molecule has 0 aromatic carbocycles. The molecule has 0 spiro atoms. The largest absolute Gasteiger partial charge is 0.362 e. The first-order valence-electron chi connectivity index (χ1n) is 7.17. The van der Waals surface area contributed by atoms with Crippen LogP contribution in [-0.4, -0.2) is 29.6 Å². The molecule has 0 atom stereocenters. The molecule has 3 rings (SSSR count). The summed E-state index contributed by atoms with van der Waals surface area (Å²) < 4.78 is 0. The van der Waals surface area contributed by atoms with Crippen LogP contribution in [0.2, 0.25) is 0 Å². The molecule has 2 aromatic rings. The second-order valence-corrected chi connectivity index (χ2v) is 7.11. The number of rotatable bonds is 4. The van der Waals surface area contributed by atoms with Crippen molar-refractivity contribution >= 4 is 32.9 Å². The molecule has 3 heterocycles. The Morgan fingerprint density at radius 1 is 1.40 bits per heavy atom. The molecule has 1 aliphatic rings. The molecule has 0 aliphatic carbocycles. The van der Waals surface area contributed by atoms with Crippen LogP contribution in [0.5, 0.6) is 0 Å². The lowest BCUT2D eigenvalue weighted by Gasteiger charge is -2.29. The maximum absolute atomic E-state index is 4.60. The molecule has 108 valence electrons. The van der Waals surface area contributed by atoms with E-state index in [0.29, 0.717) is 0 Å². The van der Waals surface area contributed by atoms with E-state index in [-0.39, 0.29) is 0 Å². The van der Waals surface area contributed by atoms with Gasteiger partial charge in [0.1, 0.15) is 0 Å². The second kappa shape index (κ2) is 6.10. The van der Waals surface area contributed by atoms with E-state index in [2.05, 4.69) is 39.4 Å². The third-order valence-electron chi connectivity index (χ3n) is 3.63. The van der Waals surface area contributed by atoms with Crippen LogP contribution in [0.25, 0.3) is 10.6 Å². The Labute approximate surface area is 127 Å². The number of piperidine rings is 1. The first-order chi connectivity index (χ1) is 9.76. The van der Waals surface area contributed by atoms with Gasteiger partial charge in [0.05, 0.1) is 10.6 Å². The predicted molar refractivity (Wildman–Crippen MR) is 88.0 cm³/mol. The molecule has 1 aliphatic heterocycles. The highest BCUT2D eigenvalue weighted by Gasteiger charge is 2.19. The highest BCUT2D eigenvalue weighted by Crippen LogP contribution is 2.34. The van der Waals surface area contributed by atoms with Crippen molar-refractivity contribution < 1.29 is 0 Å². The van der Waals surface area contributed by atoms with Crippen LogP contribution in [0.15, 0.2) is 11.6 Å². The highest BCUT2D eigenvalue weighted by molar-refractivity contribution is 7.19. The molecule has 4 nitrogen and oxygen atoms in total. The molecule has 20 heavy (non-hydrogen) atoms. The fourth-order valence-corrected chi connectivity index (χ4v) is 4.13. The topological polar surface area (TPSA) is 41.1 Å². The van der Waals surface area contributed by atoms with Gasteiger partial charge < -0.3 is 10.2 Å². The van der Waals surface area contributed by atoms with E-state index in [1.165, 1.54) is 17.7 Å². The predicted octanol–water partition coefficient (Wildman–Crippen LogP) is 3.93. The molecular formula is C14H20N4S2. The standard InChI is InChI=1S/C14H20N4S2/c1-3-15-13-17-11(9-19-13)12-8-16-14(20-12)18-6-4-10(2)5-7-18/h8-10H,3-7H2,1-2H3,(H,15,17). The van der Waals surface area contributed by atoms with Crippen LogP contribution < -0.4 is 10.2 Å². The zero-order valence-electron chi connectivity index (χ0n) is 11.9. The summed E-state index contributed by atoms with van der Waals surface area (Å²) in [7, 11) is 0. The fourth-order valence-electron chi connectivity index (χ4n) is 2.35. The second-order valence-electron chi connectivity index (χ2n) is 5.24. The Bertz CT molecular complexity index is 555. The molecule has 1 N–H and O–H groups in total. The molecule has 0 amide bonds. The van der Waals surface area contributed by atoms with Gasteiger partial charge >= 0.3 is 0 Å². The Hall–Kier alpha value is -1.14. The van der Waals surface area contributed by atoms with E-state index in [1.807, 2.05) is 6.20 Å². The normalized spacial score (nSPS) is 16.6. The number of nitrogens with zero attached hydrogens (tertiary/aromatic N) is 3. The van der Waals surface area contributed by atoms with Gasteiger partial charge in [-0.1, -0.05) is 18.3 Å². The van der Waals surface area contributed by atoms with Gasteiger partial charge in [-0.25, -0.2) is 9.97 Å². The molecule has 1 saturated heterocycles. The van der Waals surface area contributed by atoms with Crippen LogP contribution in [0.1, 0.15) is 26.7 Å². The number of aromatic nitrogens is 2. The van der Waals surface area contributed by atoms with E-state index in [1.54, 1.807) is 22.7 Å². The van der Waals surface area contributed by atoms with E-state index in [0.717, 1.165) is 41.5 Å². The lowest BCUT2D eigenvalue weighted by atomic mass is 10.00. The Morgan fingerprint density at radius 3 is 2.95 bits per heavy atom. The van der Waals surface area contributed by atoms with Crippen molar-refractivity contribution in [2.45, 2.75) is 26.7 Å². The van der Waals surface area contributed by atoms with Gasteiger partial charge in [0.15, 0.2) is 10.3 Å². The first kappa shape index (κ1) is 13.8. The summed E-state index contributed by atoms with van der Waals surface area (Å²) in [6.45, 7) is 7.60. The zero-order valence-corrected chi connectivity index (χ0v) is 13.6. The van der Waals surface area contributed by atoms with Crippen molar-refractivity contribution in [2.75, 3.05) is 29.9 Å². The van der Waals surface area contributed by atoms with Gasteiger partial charge in [0, 0.05) is 31.2 Å². The summed E-state index contributed by atoms with van der Waals surface area (Å²) in [6, 6.07) is 0. The minimum atomic E-state index is 0.854. The Kier molecular flexibility index (Phi) is 4.21. The molecule has 0 radical (unpaired) electrons. The van der Waals surface area contributed by atoms with Gasteiger partial charge in [-0.15, -0.1) is 11.3 Å². The van der Waals surface area contributed by atoms with E-state index in [9.17, 15) is 0 Å². The third kappa shape index (κ3) is 2.96. The van der Waals surface area contributed by atoms with Crippen LogP contribution in [-0.2, 0) is 0 Å². The Balaban J connectivity index is 1.72. The molecule has 0 saturated carbocycles. The number of nitrogens with one attached hydrogen (secondary N) is 1. The zero-order chi connectivity index (χ0) is 13.9. The van der Waals surface area contributed by atoms with Crippen LogP contribution in [0.4, 0.5) is 10.3 Å². The average Bonchev–Trinajstić information content (AvgIpc) is 3.08. The maximum Gasteiger partial charge on any atom is 0.185 e. The number of anilines is 2. The third-order valence-corrected chi connectivity index (χ3v) is 5.51. The molecular weight excluding hydrogens is 288 g/mol. The van der Waals surface area contributed by atoms with Crippen LogP contribution >= 0.6 is 22.7 Å². The minimum Gasteiger partial charge on any atom is -0.362 e. The SMILES string of the molecule is CCNc1nc(-c2cnc(N3CCC(C)CC3)s2)cs1. The van der Waals surface area contributed by atoms with Gasteiger partial charge in [-0.3, -0.25) is 0 Å². The monoisotopic (exact) mass is 308 g/mol. The molecule has 0 bridgehead atoms. The van der Waals surface area contributed by atoms with E-state index in [4.69, 9.17) is 0 Å². The maximum atomic E-state index is 4.60. The number of hydrogen-bond acceptors (Lipinski definition) is 6. The summed E-state index contributed by atoms with van der Waals surface area (Å²) in [5.41, 5.74) is 1.04. The molecule has 0 unspecified atom stereocenters. The summed E-state index contributed by atoms with van der Waals surface area (Å²) in [5.74, 6) is 0.854. The first-order valence-corrected chi connectivity index (χ1v) is 8.86. The van der Waals surface area contributed by atoms with Gasteiger partial charge in [0.25, 0.3) is 0 Å². The van der Waals surface area contributed by atoms with Crippen LogP contribution in [0, 0.1) is 5.92 Å². The summed E-state index contributed by atoms with van der Waals surface area (Å²) >= 11 is 3.41. The molecule has 2 aromatic heterocycles. The van der Waals surface area contributed by atoms with Crippen molar-refractivity contribution in [2.24, 2.45) is 5.92 Å². The lowest BCUT2D eigenvalue weighted by molar-refractivity contribution is 0.438. The molecule has 1 fully saturated rings. The number of thiazole rings is 2. The number of hydrogen-bond donors (Lipinski definition) is 1. The van der Waals surface area contributed by atoms with Crippen molar-refractivity contribution in [1.29, 1.82) is 0 Å². The van der Waals surface area contributed by atoms with E-state index >= 15 is 0 Å². The fraction of sp³-hybridized carbons (Fsp3) is 0.571. The van der Waals surface area contributed by atoms with E-state index < -0.39 is 0 Å². The summed E-state index contributed by atoms with van der Waals surface area (Å²) in [6.07, 6.45) is 4.51. The lowest BCUT2D eigenvalue weighted by Crippen LogP contribution is -2.32. The molecule has 6 heteroatoms. The van der Waals surface area contributed by atoms with Crippen molar-refractivity contribution in [3.8, 4) is 10.6 Å². The van der Waals surface area contributed by atoms with Gasteiger partial charge in [0.2, 0.25) is 0 Å². The Morgan fingerprint density at radius 2 is 2.20 bits per heavy atom. The summed E-state index contributed by atoms with van der Waals surface area (Å²) in [5, 5.41) is 7.49. The quantitative estimate of drug-likeness (QED) is 0.929.